The van der Waals surface area contributed by atoms with Crippen LogP contribution in [-0.4, -0.2) is 26.8 Å². The molecular formula is C20H34Cl8Si4. The van der Waals surface area contributed by atoms with Gasteiger partial charge in [-0.05, 0) is 66.4 Å². The molecule has 1 aromatic rings. The Morgan fingerprint density at radius 2 is 0.969 bits per heavy atom. The van der Waals surface area contributed by atoms with Crippen LogP contribution in [0.15, 0.2) is 18.2 Å². The molecule has 4 atom stereocenters. The average molecular weight is 670 g/mol. The summed E-state index contributed by atoms with van der Waals surface area (Å²) in [4.78, 5) is 0. The van der Waals surface area contributed by atoms with Gasteiger partial charge in [-0.2, -0.15) is 0 Å². The second-order valence-corrected chi connectivity index (χ2v) is 42.0. The van der Waals surface area contributed by atoms with E-state index in [2.05, 4.69) is 46.8 Å². The van der Waals surface area contributed by atoms with Gasteiger partial charge >= 0.3 is 0 Å². The Bertz CT molecular complexity index is 742. The zero-order valence-electron chi connectivity index (χ0n) is 20.1. The van der Waals surface area contributed by atoms with Gasteiger partial charge in [-0.3, -0.25) is 0 Å². The third kappa shape index (κ3) is 6.83. The van der Waals surface area contributed by atoms with E-state index in [-0.39, 0.29) is 22.2 Å². The van der Waals surface area contributed by atoms with Crippen LogP contribution in [0.3, 0.4) is 0 Å². The van der Waals surface area contributed by atoms with Crippen molar-refractivity contribution >= 4 is 115 Å². The van der Waals surface area contributed by atoms with Crippen LogP contribution >= 0.6 is 88.6 Å². The van der Waals surface area contributed by atoms with E-state index in [1.54, 1.807) is 0 Å². The Morgan fingerprint density at radius 3 is 1.25 bits per heavy atom. The molecule has 12 heteroatoms. The molecule has 0 N–H and O–H groups in total. The van der Waals surface area contributed by atoms with E-state index in [9.17, 15) is 0 Å². The van der Waals surface area contributed by atoms with E-state index in [0.717, 1.165) is 16.7 Å². The maximum atomic E-state index is 6.99. The van der Waals surface area contributed by atoms with Crippen molar-refractivity contribution in [2.75, 3.05) is 0 Å². The molecule has 1 aromatic carbocycles. The molecule has 0 nitrogen and oxygen atoms in total. The third-order valence-corrected chi connectivity index (χ3v) is 23.1. The molecule has 0 aliphatic heterocycles. The monoisotopic (exact) mass is 666 g/mol. The largest absolute Gasteiger partial charge is 0.255 e. The lowest BCUT2D eigenvalue weighted by atomic mass is 9.69. The molecule has 0 fully saturated rings. The Kier molecular flexibility index (Phi) is 11.2. The SMILES string of the molecule is Cc1cccc(C(C(C)[Si](C)(Cl)Cl)(C(C)[Si](C)(Cl)Cl)C(C)[Si](C)(Cl)Cl)c1C(C)[Si](C)(Cl)Cl. The summed E-state index contributed by atoms with van der Waals surface area (Å²) < 4.78 is 0. The average Bonchev–Trinajstić information content (AvgIpc) is 2.58. The molecule has 0 bridgehead atoms. The van der Waals surface area contributed by atoms with Gasteiger partial charge < -0.3 is 0 Å². The van der Waals surface area contributed by atoms with E-state index < -0.39 is 32.2 Å². The molecule has 4 unspecified atom stereocenters. The molecule has 0 saturated heterocycles. The molecule has 186 valence electrons. The summed E-state index contributed by atoms with van der Waals surface area (Å²) in [5.74, 6) is 0. The molecule has 0 radical (unpaired) electrons. The molecule has 0 aromatic heterocycles. The molecule has 0 amide bonds. The summed E-state index contributed by atoms with van der Waals surface area (Å²) in [6.45, 7) is 7.32. The van der Waals surface area contributed by atoms with Gasteiger partial charge in [0.25, 0.3) is 26.8 Å². The number of benzene rings is 1. The van der Waals surface area contributed by atoms with Gasteiger partial charge in [-0.25, -0.2) is 0 Å². The highest BCUT2D eigenvalue weighted by atomic mass is 35.7. The Balaban J connectivity index is 4.34. The number of rotatable bonds is 9. The number of aryl methyl sites for hydroxylation is 1. The minimum Gasteiger partial charge on any atom is -0.146 e. The van der Waals surface area contributed by atoms with Crippen LogP contribution in [0.5, 0.6) is 0 Å². The highest BCUT2D eigenvalue weighted by Crippen LogP contribution is 2.66. The fourth-order valence-electron chi connectivity index (χ4n) is 4.97. The van der Waals surface area contributed by atoms with Crippen molar-refractivity contribution in [3.63, 3.8) is 0 Å². The van der Waals surface area contributed by atoms with Gasteiger partial charge in [0, 0.05) is 11.0 Å². The molecular weight excluding hydrogens is 636 g/mol. The standard InChI is InChI=1S/C20H34Cl8Si4/c1-13-11-10-12-18(19(13)14(2)29(6,21)22)20(15(3)30(7,23)24,16(4)31(8,25)26)17(5)32(9,27)28/h10-12,14-17H,1-9H3. The zero-order valence-corrected chi connectivity index (χ0v) is 30.1. The first-order valence-corrected chi connectivity index (χ1v) is 29.0. The van der Waals surface area contributed by atoms with Crippen molar-refractivity contribution in [2.24, 2.45) is 0 Å². The normalized spacial score (nSPS) is 19.8. The Labute approximate surface area is 236 Å². The number of hydrogen-bond donors (Lipinski definition) is 0. The van der Waals surface area contributed by atoms with Crippen molar-refractivity contribution in [3.8, 4) is 0 Å². The van der Waals surface area contributed by atoms with Crippen molar-refractivity contribution in [1.29, 1.82) is 0 Å². The first-order chi connectivity index (χ1) is 14.0. The molecule has 0 spiro atoms. The van der Waals surface area contributed by atoms with Crippen LogP contribution in [0.25, 0.3) is 0 Å². The van der Waals surface area contributed by atoms with E-state index in [4.69, 9.17) is 88.6 Å². The lowest BCUT2D eigenvalue weighted by molar-refractivity contribution is 0.366. The van der Waals surface area contributed by atoms with Gasteiger partial charge in [-0.1, -0.05) is 45.9 Å². The summed E-state index contributed by atoms with van der Waals surface area (Å²) in [5, 5.41) is 0. The smallest absolute Gasteiger partial charge is 0.146 e. The molecule has 1 rings (SSSR count). The van der Waals surface area contributed by atoms with Crippen LogP contribution in [0.4, 0.5) is 0 Å². The molecule has 0 heterocycles. The predicted octanol–water partition coefficient (Wildman–Crippen LogP) is 11.2. The van der Waals surface area contributed by atoms with Crippen LogP contribution in [0.1, 0.15) is 49.9 Å². The first kappa shape index (κ1) is 32.4. The van der Waals surface area contributed by atoms with E-state index in [1.807, 2.05) is 32.3 Å². The van der Waals surface area contributed by atoms with E-state index in [0.29, 0.717) is 0 Å². The minimum atomic E-state index is -2.78. The van der Waals surface area contributed by atoms with Crippen LogP contribution in [-0.2, 0) is 5.41 Å². The topological polar surface area (TPSA) is 0 Å². The van der Waals surface area contributed by atoms with Crippen LogP contribution in [0.2, 0.25) is 42.8 Å². The third-order valence-electron chi connectivity index (χ3n) is 7.41. The second-order valence-electron chi connectivity index (χ2n) is 9.68. The van der Waals surface area contributed by atoms with Crippen molar-refractivity contribution in [3.05, 3.63) is 34.9 Å². The summed E-state index contributed by atoms with van der Waals surface area (Å²) in [6.07, 6.45) is 0. The predicted molar refractivity (Wildman–Crippen MR) is 163 cm³/mol. The molecule has 0 aliphatic carbocycles. The fraction of sp³-hybridized carbons (Fsp3) is 0.700. The minimum absolute atomic E-state index is 0.0521. The fourth-order valence-corrected chi connectivity index (χ4v) is 14.7. The quantitative estimate of drug-likeness (QED) is 0.181. The van der Waals surface area contributed by atoms with Gasteiger partial charge in [0.2, 0.25) is 0 Å². The Hall–Kier alpha value is 2.41. The second kappa shape index (κ2) is 11.0. The van der Waals surface area contributed by atoms with E-state index >= 15 is 0 Å². The van der Waals surface area contributed by atoms with Crippen molar-refractivity contribution < 1.29 is 0 Å². The number of halogens is 8. The zero-order chi connectivity index (χ0) is 25.7. The summed E-state index contributed by atoms with van der Waals surface area (Å²) in [5.41, 5.74) is 2.15. The van der Waals surface area contributed by atoms with Gasteiger partial charge in [-0.15, -0.1) is 88.6 Å². The lowest BCUT2D eigenvalue weighted by Crippen LogP contribution is -2.54. The summed E-state index contributed by atoms with van der Waals surface area (Å²) in [6, 6.07) is 6.27. The maximum Gasteiger partial charge on any atom is 0.255 e. The number of hydrogen-bond acceptors (Lipinski definition) is 0. The Morgan fingerprint density at radius 1 is 0.625 bits per heavy atom. The maximum absolute atomic E-state index is 6.99. The van der Waals surface area contributed by atoms with Gasteiger partial charge in [0.1, 0.15) is 0 Å². The highest BCUT2D eigenvalue weighted by Gasteiger charge is 2.62. The summed E-state index contributed by atoms with van der Waals surface area (Å²) in [7, 11) is 0. The first-order valence-electron chi connectivity index (χ1n) is 10.6. The van der Waals surface area contributed by atoms with Crippen LogP contribution in [0, 0.1) is 6.92 Å². The van der Waals surface area contributed by atoms with E-state index in [1.165, 1.54) is 0 Å². The van der Waals surface area contributed by atoms with Crippen molar-refractivity contribution in [1.82, 2.24) is 0 Å². The van der Waals surface area contributed by atoms with Crippen LogP contribution < -0.4 is 0 Å². The summed E-state index contributed by atoms with van der Waals surface area (Å²) >= 11 is 55.5. The molecule has 32 heavy (non-hydrogen) atoms. The van der Waals surface area contributed by atoms with Gasteiger partial charge in [0.15, 0.2) is 0 Å². The molecule has 0 aliphatic rings. The van der Waals surface area contributed by atoms with Gasteiger partial charge in [0.05, 0.1) is 0 Å². The lowest BCUT2D eigenvalue weighted by Gasteiger charge is -2.55. The highest BCUT2D eigenvalue weighted by molar-refractivity contribution is 7.47. The van der Waals surface area contributed by atoms with Crippen molar-refractivity contribution in [2.45, 2.75) is 88.4 Å². The molecule has 0 saturated carbocycles.